The van der Waals surface area contributed by atoms with Crippen molar-refractivity contribution in [2.75, 3.05) is 0 Å². The number of rotatable bonds is 2. The third-order valence-electron chi connectivity index (χ3n) is 3.66. The zero-order chi connectivity index (χ0) is 11.7. The van der Waals surface area contributed by atoms with Crippen LogP contribution in [0.2, 0.25) is 0 Å². The van der Waals surface area contributed by atoms with Crippen molar-refractivity contribution in [2.45, 2.75) is 38.2 Å². The van der Waals surface area contributed by atoms with Crippen LogP contribution in [0.5, 0.6) is 0 Å². The molecule has 0 saturated heterocycles. The predicted octanol–water partition coefficient (Wildman–Crippen LogP) is 3.44. The molecule has 0 spiro atoms. The molecule has 1 aliphatic rings. The molecule has 1 aromatic heterocycles. The Kier molecular flexibility index (Phi) is 2.85. The van der Waals surface area contributed by atoms with Crippen molar-refractivity contribution < 1.29 is 9.52 Å². The highest BCUT2D eigenvalue weighted by Gasteiger charge is 2.26. The van der Waals surface area contributed by atoms with Gasteiger partial charge in [0.05, 0.1) is 0 Å². The van der Waals surface area contributed by atoms with E-state index in [9.17, 15) is 5.11 Å². The van der Waals surface area contributed by atoms with E-state index in [2.05, 4.69) is 4.98 Å². The number of aliphatic hydroxyl groups is 1. The molecule has 2 aromatic rings. The molecular weight excluding hydrogens is 214 g/mol. The van der Waals surface area contributed by atoms with Gasteiger partial charge in [0.15, 0.2) is 5.58 Å². The summed E-state index contributed by atoms with van der Waals surface area (Å²) < 4.78 is 5.62. The fourth-order valence-electron chi connectivity index (χ4n) is 2.67. The van der Waals surface area contributed by atoms with Crippen molar-refractivity contribution in [3.05, 3.63) is 30.2 Å². The number of oxazole rings is 1. The highest BCUT2D eigenvalue weighted by molar-refractivity contribution is 5.72. The second-order valence-corrected chi connectivity index (χ2v) is 4.86. The summed E-state index contributed by atoms with van der Waals surface area (Å²) in [6.07, 6.45) is 5.34. The first-order valence-electron chi connectivity index (χ1n) is 6.38. The van der Waals surface area contributed by atoms with Crippen LogP contribution in [0.15, 0.2) is 28.7 Å². The zero-order valence-corrected chi connectivity index (χ0v) is 9.80. The number of aromatic nitrogens is 1. The van der Waals surface area contributed by atoms with E-state index in [1.165, 1.54) is 19.3 Å². The maximum atomic E-state index is 10.3. The lowest BCUT2D eigenvalue weighted by molar-refractivity contribution is 0.0621. The lowest BCUT2D eigenvalue weighted by Gasteiger charge is -2.24. The number of para-hydroxylation sites is 2. The number of hydrogen-bond donors (Lipinski definition) is 1. The second-order valence-electron chi connectivity index (χ2n) is 4.86. The summed E-state index contributed by atoms with van der Waals surface area (Å²) in [6, 6.07) is 7.65. The Morgan fingerprint density at radius 2 is 1.94 bits per heavy atom. The van der Waals surface area contributed by atoms with Gasteiger partial charge in [-0.3, -0.25) is 0 Å². The van der Waals surface area contributed by atoms with E-state index < -0.39 is 6.10 Å². The number of fused-ring (bicyclic) bond motifs is 1. The van der Waals surface area contributed by atoms with E-state index in [4.69, 9.17) is 4.42 Å². The third kappa shape index (κ3) is 2.07. The molecule has 1 atom stereocenters. The molecule has 1 unspecified atom stereocenters. The van der Waals surface area contributed by atoms with E-state index in [0.717, 1.165) is 23.9 Å². The minimum absolute atomic E-state index is 0.316. The van der Waals surface area contributed by atoms with Gasteiger partial charge in [0.25, 0.3) is 0 Å². The van der Waals surface area contributed by atoms with Gasteiger partial charge in [0.2, 0.25) is 5.89 Å². The quantitative estimate of drug-likeness (QED) is 0.861. The molecule has 3 rings (SSSR count). The lowest BCUT2D eigenvalue weighted by atomic mass is 9.85. The average Bonchev–Trinajstić information content (AvgIpc) is 2.82. The summed E-state index contributed by atoms with van der Waals surface area (Å²) in [5, 5.41) is 10.3. The van der Waals surface area contributed by atoms with Crippen LogP contribution in [-0.2, 0) is 0 Å². The summed E-state index contributed by atoms with van der Waals surface area (Å²) in [6.45, 7) is 0. The van der Waals surface area contributed by atoms with E-state index in [1.54, 1.807) is 0 Å². The molecule has 1 aromatic carbocycles. The van der Waals surface area contributed by atoms with Crippen molar-refractivity contribution in [3.63, 3.8) is 0 Å². The van der Waals surface area contributed by atoms with Gasteiger partial charge in [-0.15, -0.1) is 0 Å². The van der Waals surface area contributed by atoms with Gasteiger partial charge in [-0.1, -0.05) is 31.4 Å². The van der Waals surface area contributed by atoms with Gasteiger partial charge in [-0.2, -0.15) is 0 Å². The van der Waals surface area contributed by atoms with Crippen molar-refractivity contribution in [1.82, 2.24) is 4.98 Å². The molecule has 1 fully saturated rings. The van der Waals surface area contributed by atoms with Gasteiger partial charge < -0.3 is 9.52 Å². The number of aliphatic hydroxyl groups excluding tert-OH is 1. The Balaban J connectivity index is 1.86. The maximum Gasteiger partial charge on any atom is 0.224 e. The molecule has 0 radical (unpaired) electrons. The van der Waals surface area contributed by atoms with Gasteiger partial charge in [0.1, 0.15) is 11.6 Å². The van der Waals surface area contributed by atoms with Crippen molar-refractivity contribution in [2.24, 2.45) is 5.92 Å². The van der Waals surface area contributed by atoms with Crippen LogP contribution < -0.4 is 0 Å². The molecule has 1 N–H and O–H groups in total. The Hall–Kier alpha value is -1.35. The van der Waals surface area contributed by atoms with Crippen LogP contribution in [0, 0.1) is 5.92 Å². The fraction of sp³-hybridized carbons (Fsp3) is 0.500. The molecule has 17 heavy (non-hydrogen) atoms. The van der Waals surface area contributed by atoms with Gasteiger partial charge in [0, 0.05) is 0 Å². The first-order valence-corrected chi connectivity index (χ1v) is 6.38. The van der Waals surface area contributed by atoms with Crippen LogP contribution in [-0.4, -0.2) is 10.1 Å². The number of benzene rings is 1. The second kappa shape index (κ2) is 4.49. The molecule has 1 heterocycles. The van der Waals surface area contributed by atoms with Crippen molar-refractivity contribution in [1.29, 1.82) is 0 Å². The molecular formula is C14H17NO2. The monoisotopic (exact) mass is 231 g/mol. The average molecular weight is 231 g/mol. The molecule has 0 bridgehead atoms. The van der Waals surface area contributed by atoms with E-state index >= 15 is 0 Å². The zero-order valence-electron chi connectivity index (χ0n) is 9.80. The molecule has 1 aliphatic carbocycles. The van der Waals surface area contributed by atoms with E-state index in [0.29, 0.717) is 11.8 Å². The van der Waals surface area contributed by atoms with Crippen LogP contribution in [0.3, 0.4) is 0 Å². The van der Waals surface area contributed by atoms with E-state index in [1.807, 2.05) is 24.3 Å². The van der Waals surface area contributed by atoms with Crippen LogP contribution in [0.1, 0.15) is 44.1 Å². The Bertz CT molecular complexity index is 467. The standard InChI is InChI=1S/C14H17NO2/c16-13(10-6-2-1-3-7-10)14-15-11-8-4-5-9-12(11)17-14/h4-5,8-10,13,16H,1-3,6-7H2. The SMILES string of the molecule is OC(c1nc2ccccc2o1)C1CCCCC1. The summed E-state index contributed by atoms with van der Waals surface area (Å²) >= 11 is 0. The summed E-state index contributed by atoms with van der Waals surface area (Å²) in [5.41, 5.74) is 1.59. The molecule has 3 heteroatoms. The fourth-order valence-corrected chi connectivity index (χ4v) is 2.67. The van der Waals surface area contributed by atoms with Gasteiger partial charge in [-0.05, 0) is 30.9 Å². The maximum absolute atomic E-state index is 10.3. The number of nitrogens with zero attached hydrogens (tertiary/aromatic N) is 1. The minimum Gasteiger partial charge on any atom is -0.438 e. The molecule has 0 amide bonds. The highest BCUT2D eigenvalue weighted by Crippen LogP contribution is 2.34. The van der Waals surface area contributed by atoms with Crippen LogP contribution >= 0.6 is 0 Å². The van der Waals surface area contributed by atoms with Gasteiger partial charge in [-0.25, -0.2) is 4.98 Å². The summed E-state index contributed by atoms with van der Waals surface area (Å²) in [4.78, 5) is 4.37. The van der Waals surface area contributed by atoms with Crippen LogP contribution in [0.4, 0.5) is 0 Å². The number of hydrogen-bond acceptors (Lipinski definition) is 3. The summed E-state index contributed by atoms with van der Waals surface area (Å²) in [5.74, 6) is 0.801. The Morgan fingerprint density at radius 1 is 1.18 bits per heavy atom. The Labute approximate surface area is 100 Å². The normalized spacial score (nSPS) is 19.6. The molecule has 1 saturated carbocycles. The first-order chi connectivity index (χ1) is 8.34. The van der Waals surface area contributed by atoms with Crippen LogP contribution in [0.25, 0.3) is 11.1 Å². The first kappa shape index (κ1) is 10.8. The van der Waals surface area contributed by atoms with E-state index in [-0.39, 0.29) is 0 Å². The predicted molar refractivity (Wildman–Crippen MR) is 65.5 cm³/mol. The minimum atomic E-state index is -0.539. The highest BCUT2D eigenvalue weighted by atomic mass is 16.4. The molecule has 3 nitrogen and oxygen atoms in total. The molecule has 0 aliphatic heterocycles. The summed E-state index contributed by atoms with van der Waals surface area (Å²) in [7, 11) is 0. The Morgan fingerprint density at radius 3 is 2.71 bits per heavy atom. The smallest absolute Gasteiger partial charge is 0.224 e. The van der Waals surface area contributed by atoms with Crippen molar-refractivity contribution >= 4 is 11.1 Å². The largest absolute Gasteiger partial charge is 0.438 e. The third-order valence-corrected chi connectivity index (χ3v) is 3.66. The topological polar surface area (TPSA) is 46.3 Å². The molecule has 90 valence electrons. The lowest BCUT2D eigenvalue weighted by Crippen LogP contribution is -2.16. The van der Waals surface area contributed by atoms with Gasteiger partial charge >= 0.3 is 0 Å². The van der Waals surface area contributed by atoms with Crippen molar-refractivity contribution in [3.8, 4) is 0 Å².